The molecule has 1 spiro atoms. The Morgan fingerprint density at radius 2 is 1.73 bits per heavy atom. The van der Waals surface area contributed by atoms with Crippen LogP contribution in [0.5, 0.6) is 0 Å². The molecule has 0 bridgehead atoms. The maximum Gasteiger partial charge on any atom is 0.247 e. The lowest BCUT2D eigenvalue weighted by atomic mass is 9.92. The van der Waals surface area contributed by atoms with Crippen LogP contribution in [-0.4, -0.2) is 36.0 Å². The van der Waals surface area contributed by atoms with Gasteiger partial charge < -0.3 is 4.42 Å². The van der Waals surface area contributed by atoms with Crippen LogP contribution in [0.2, 0.25) is 0 Å². The molecule has 1 aromatic heterocycles. The molecule has 2 aromatic carbocycles. The molecule has 1 saturated heterocycles. The van der Waals surface area contributed by atoms with Crippen LogP contribution < -0.4 is 0 Å². The van der Waals surface area contributed by atoms with Gasteiger partial charge in [-0.05, 0) is 67.1 Å². The smallest absolute Gasteiger partial charge is 0.247 e. The molecule has 6 nitrogen and oxygen atoms in total. The van der Waals surface area contributed by atoms with E-state index in [0.29, 0.717) is 37.4 Å². The molecule has 0 N–H and O–H groups in total. The topological polar surface area (TPSA) is 76.3 Å². The van der Waals surface area contributed by atoms with Gasteiger partial charge in [0.15, 0.2) is 0 Å². The van der Waals surface area contributed by atoms with Crippen molar-refractivity contribution in [3.05, 3.63) is 66.1 Å². The van der Waals surface area contributed by atoms with E-state index in [4.69, 9.17) is 4.42 Å². The Labute approximate surface area is 172 Å². The standard InChI is InChI=1S/C21H19F2N3O3S/c22-15-4-6-17(7-5-15)30(27,28)26-10-8-21(9-11-26)13-18(21)20-25-24-19(29-20)14-2-1-3-16(23)12-14/h1-7,12,18H,8-11,13H2. The summed E-state index contributed by atoms with van der Waals surface area (Å²) in [6, 6.07) is 10.9. The molecular weight excluding hydrogens is 412 g/mol. The van der Waals surface area contributed by atoms with Gasteiger partial charge in [-0.15, -0.1) is 10.2 Å². The summed E-state index contributed by atoms with van der Waals surface area (Å²) in [5.74, 6) is 0.0457. The van der Waals surface area contributed by atoms with E-state index >= 15 is 0 Å². The summed E-state index contributed by atoms with van der Waals surface area (Å²) in [5.41, 5.74) is 0.490. The van der Waals surface area contributed by atoms with E-state index in [1.807, 2.05) is 0 Å². The summed E-state index contributed by atoms with van der Waals surface area (Å²) in [7, 11) is -3.64. The average Bonchev–Trinajstić information content (AvgIpc) is 3.20. The van der Waals surface area contributed by atoms with Gasteiger partial charge in [0, 0.05) is 24.6 Å². The van der Waals surface area contributed by atoms with E-state index in [1.54, 1.807) is 12.1 Å². The molecule has 1 aliphatic carbocycles. The number of hydrogen-bond donors (Lipinski definition) is 0. The van der Waals surface area contributed by atoms with Crippen molar-refractivity contribution in [3.8, 4) is 11.5 Å². The maximum absolute atomic E-state index is 13.4. The molecular formula is C21H19F2N3O3S. The van der Waals surface area contributed by atoms with Crippen LogP contribution in [-0.2, 0) is 10.0 Å². The van der Waals surface area contributed by atoms with Gasteiger partial charge in [-0.25, -0.2) is 17.2 Å². The lowest BCUT2D eigenvalue weighted by Crippen LogP contribution is -2.39. The molecule has 5 rings (SSSR count). The number of halogens is 2. The lowest BCUT2D eigenvalue weighted by molar-refractivity contribution is 0.246. The fraction of sp³-hybridized carbons (Fsp3) is 0.333. The van der Waals surface area contributed by atoms with Crippen LogP contribution in [0.3, 0.4) is 0 Å². The number of aromatic nitrogens is 2. The fourth-order valence-corrected chi connectivity index (χ4v) is 5.73. The molecule has 1 atom stereocenters. The minimum absolute atomic E-state index is 0.0411. The van der Waals surface area contributed by atoms with Gasteiger partial charge >= 0.3 is 0 Å². The summed E-state index contributed by atoms with van der Waals surface area (Å²) in [6.45, 7) is 0.780. The highest BCUT2D eigenvalue weighted by Gasteiger charge is 2.58. The highest BCUT2D eigenvalue weighted by molar-refractivity contribution is 7.89. The third kappa shape index (κ3) is 3.31. The molecule has 2 fully saturated rings. The second-order valence-corrected chi connectivity index (χ2v) is 9.87. The summed E-state index contributed by atoms with van der Waals surface area (Å²) < 4.78 is 59.4. The summed E-state index contributed by atoms with van der Waals surface area (Å²) in [6.07, 6.45) is 2.24. The number of nitrogens with zero attached hydrogens (tertiary/aromatic N) is 3. The maximum atomic E-state index is 13.4. The first-order valence-corrected chi connectivity index (χ1v) is 11.2. The molecule has 156 valence electrons. The first-order chi connectivity index (χ1) is 14.4. The highest BCUT2D eigenvalue weighted by Crippen LogP contribution is 2.64. The minimum atomic E-state index is -3.64. The van der Waals surface area contributed by atoms with Gasteiger partial charge in [0.05, 0.1) is 4.90 Å². The van der Waals surface area contributed by atoms with Gasteiger partial charge in [0.1, 0.15) is 11.6 Å². The van der Waals surface area contributed by atoms with Crippen molar-refractivity contribution in [2.45, 2.75) is 30.1 Å². The Balaban J connectivity index is 1.27. The lowest BCUT2D eigenvalue weighted by Gasteiger charge is -2.31. The Morgan fingerprint density at radius 3 is 2.43 bits per heavy atom. The van der Waals surface area contributed by atoms with Crippen LogP contribution in [0.4, 0.5) is 8.78 Å². The molecule has 0 radical (unpaired) electrons. The third-order valence-electron chi connectivity index (χ3n) is 6.17. The Morgan fingerprint density at radius 1 is 1.00 bits per heavy atom. The van der Waals surface area contributed by atoms with E-state index in [2.05, 4.69) is 10.2 Å². The first kappa shape index (κ1) is 19.3. The Kier molecular flexibility index (Phi) is 4.48. The third-order valence-corrected chi connectivity index (χ3v) is 8.08. The number of benzene rings is 2. The average molecular weight is 431 g/mol. The van der Waals surface area contributed by atoms with Gasteiger partial charge in [-0.1, -0.05) is 6.07 Å². The van der Waals surface area contributed by atoms with E-state index in [0.717, 1.165) is 18.6 Å². The zero-order valence-electron chi connectivity index (χ0n) is 16.0. The van der Waals surface area contributed by atoms with E-state index < -0.39 is 15.8 Å². The predicted octanol–water partition coefficient (Wildman–Crippen LogP) is 3.97. The molecule has 1 aliphatic heterocycles. The van der Waals surface area contributed by atoms with Crippen LogP contribution in [0.1, 0.15) is 31.1 Å². The van der Waals surface area contributed by atoms with Crippen LogP contribution in [0, 0.1) is 17.0 Å². The molecule has 9 heteroatoms. The monoisotopic (exact) mass is 431 g/mol. The van der Waals surface area contributed by atoms with Crippen molar-refractivity contribution in [2.24, 2.45) is 5.41 Å². The second kappa shape index (κ2) is 6.95. The second-order valence-electron chi connectivity index (χ2n) is 7.93. The Bertz CT molecular complexity index is 1190. The molecule has 0 amide bonds. The number of rotatable bonds is 4. The molecule has 2 heterocycles. The zero-order valence-corrected chi connectivity index (χ0v) is 16.8. The van der Waals surface area contributed by atoms with Gasteiger partial charge in [-0.3, -0.25) is 0 Å². The van der Waals surface area contributed by atoms with Crippen molar-refractivity contribution in [1.82, 2.24) is 14.5 Å². The largest absolute Gasteiger partial charge is 0.420 e. The van der Waals surface area contributed by atoms with Crippen molar-refractivity contribution in [3.63, 3.8) is 0 Å². The van der Waals surface area contributed by atoms with Crippen molar-refractivity contribution >= 4 is 10.0 Å². The summed E-state index contributed by atoms with van der Waals surface area (Å²) >= 11 is 0. The number of sulfonamides is 1. The predicted molar refractivity (Wildman–Crippen MR) is 104 cm³/mol. The van der Waals surface area contributed by atoms with Crippen LogP contribution >= 0.6 is 0 Å². The number of hydrogen-bond acceptors (Lipinski definition) is 5. The minimum Gasteiger partial charge on any atom is -0.420 e. The summed E-state index contributed by atoms with van der Waals surface area (Å²) in [5, 5.41) is 8.20. The first-order valence-electron chi connectivity index (χ1n) is 9.72. The summed E-state index contributed by atoms with van der Waals surface area (Å²) in [4.78, 5) is 0.101. The molecule has 1 unspecified atom stereocenters. The van der Waals surface area contributed by atoms with Gasteiger partial charge in [0.25, 0.3) is 0 Å². The van der Waals surface area contributed by atoms with Crippen molar-refractivity contribution in [2.75, 3.05) is 13.1 Å². The van der Waals surface area contributed by atoms with Crippen molar-refractivity contribution < 1.29 is 21.6 Å². The Hall–Kier alpha value is -2.65. The van der Waals surface area contributed by atoms with Gasteiger partial charge in [0.2, 0.25) is 21.8 Å². The van der Waals surface area contributed by atoms with Crippen molar-refractivity contribution in [1.29, 1.82) is 0 Å². The number of piperidine rings is 1. The normalized spacial score (nSPS) is 21.1. The molecule has 3 aromatic rings. The quantitative estimate of drug-likeness (QED) is 0.625. The van der Waals surface area contributed by atoms with E-state index in [1.165, 1.54) is 28.6 Å². The SMILES string of the molecule is O=S(=O)(c1ccc(F)cc1)N1CCC2(CC1)CC2c1nnc(-c2cccc(F)c2)o1. The van der Waals surface area contributed by atoms with E-state index in [9.17, 15) is 17.2 Å². The molecule has 2 aliphatic rings. The fourth-order valence-electron chi connectivity index (χ4n) is 4.29. The highest BCUT2D eigenvalue weighted by atomic mass is 32.2. The van der Waals surface area contributed by atoms with Crippen LogP contribution in [0.25, 0.3) is 11.5 Å². The zero-order chi connectivity index (χ0) is 20.9. The van der Waals surface area contributed by atoms with Crippen LogP contribution in [0.15, 0.2) is 57.8 Å². The van der Waals surface area contributed by atoms with Gasteiger partial charge in [-0.2, -0.15) is 4.31 Å². The molecule has 1 saturated carbocycles. The molecule has 30 heavy (non-hydrogen) atoms. The van der Waals surface area contributed by atoms with E-state index in [-0.39, 0.29) is 27.9 Å².